The van der Waals surface area contributed by atoms with Gasteiger partial charge in [-0.15, -0.1) is 0 Å². The Kier molecular flexibility index (Phi) is 4.31. The van der Waals surface area contributed by atoms with Crippen LogP contribution in [-0.4, -0.2) is 18.1 Å². The molecule has 5 nitrogen and oxygen atoms in total. The SMILES string of the molecule is O=C(Nc1ccc(F)c(F)c1)NC1(C(F)(F)F)Oc2ccc(Cl)cc2O1. The van der Waals surface area contributed by atoms with Gasteiger partial charge in [-0.2, -0.15) is 13.2 Å². The van der Waals surface area contributed by atoms with Crippen molar-refractivity contribution in [3.63, 3.8) is 0 Å². The Labute approximate surface area is 147 Å². The smallest absolute Gasteiger partial charge is 0.424 e. The first-order valence-electron chi connectivity index (χ1n) is 6.88. The first-order chi connectivity index (χ1) is 12.1. The van der Waals surface area contributed by atoms with Gasteiger partial charge in [-0.05, 0) is 24.3 Å². The van der Waals surface area contributed by atoms with Crippen LogP contribution in [0.15, 0.2) is 36.4 Å². The number of benzene rings is 2. The van der Waals surface area contributed by atoms with E-state index in [9.17, 15) is 26.7 Å². The molecule has 1 aliphatic heterocycles. The van der Waals surface area contributed by atoms with Gasteiger partial charge in [0.15, 0.2) is 23.1 Å². The van der Waals surface area contributed by atoms with Crippen molar-refractivity contribution in [3.8, 4) is 11.5 Å². The zero-order valence-corrected chi connectivity index (χ0v) is 13.2. The van der Waals surface area contributed by atoms with Gasteiger partial charge in [0.2, 0.25) is 0 Å². The minimum Gasteiger partial charge on any atom is -0.424 e. The minimum atomic E-state index is -5.18. The number of carbonyl (C=O) groups is 1. The molecule has 0 spiro atoms. The van der Waals surface area contributed by atoms with Crippen molar-refractivity contribution in [2.75, 3.05) is 5.32 Å². The lowest BCUT2D eigenvalue weighted by atomic mass is 10.3. The van der Waals surface area contributed by atoms with E-state index in [1.807, 2.05) is 5.32 Å². The highest BCUT2D eigenvalue weighted by Gasteiger charge is 2.65. The molecule has 2 N–H and O–H groups in total. The Morgan fingerprint density at radius 2 is 1.69 bits per heavy atom. The largest absolute Gasteiger partial charge is 0.492 e. The molecule has 0 fully saturated rings. The Hall–Kier alpha value is -2.75. The second kappa shape index (κ2) is 6.20. The van der Waals surface area contributed by atoms with Crippen molar-refractivity contribution in [2.24, 2.45) is 0 Å². The Bertz CT molecular complexity index is 877. The zero-order chi connectivity index (χ0) is 19.1. The van der Waals surface area contributed by atoms with Gasteiger partial charge in [0.05, 0.1) is 0 Å². The number of halogens is 6. The number of amides is 2. The van der Waals surface area contributed by atoms with Crippen LogP contribution in [0.4, 0.5) is 32.4 Å². The third-order valence-corrected chi connectivity index (χ3v) is 3.48. The molecule has 2 aromatic rings. The summed E-state index contributed by atoms with van der Waals surface area (Å²) in [6.45, 7) is 0. The van der Waals surface area contributed by atoms with Crippen molar-refractivity contribution in [1.29, 1.82) is 0 Å². The fraction of sp³-hybridized carbons (Fsp3) is 0.133. The molecule has 3 rings (SSSR count). The molecular formula is C15H8ClF5N2O3. The highest BCUT2D eigenvalue weighted by molar-refractivity contribution is 6.30. The first-order valence-corrected chi connectivity index (χ1v) is 7.26. The lowest BCUT2D eigenvalue weighted by Crippen LogP contribution is -2.65. The maximum atomic E-state index is 13.5. The summed E-state index contributed by atoms with van der Waals surface area (Å²) in [5.41, 5.74) is -0.280. The molecule has 0 saturated heterocycles. The minimum absolute atomic E-state index is 0.0940. The van der Waals surface area contributed by atoms with Crippen LogP contribution < -0.4 is 20.1 Å². The molecule has 26 heavy (non-hydrogen) atoms. The summed E-state index contributed by atoms with van der Waals surface area (Å²) in [5, 5.41) is 3.53. The molecule has 0 saturated carbocycles. The van der Waals surface area contributed by atoms with Crippen molar-refractivity contribution >= 4 is 23.3 Å². The topological polar surface area (TPSA) is 59.6 Å². The molecule has 0 aromatic heterocycles. The first kappa shape index (κ1) is 18.1. The fourth-order valence-corrected chi connectivity index (χ4v) is 2.26. The van der Waals surface area contributed by atoms with Crippen LogP contribution in [0.1, 0.15) is 0 Å². The van der Waals surface area contributed by atoms with Gasteiger partial charge in [0, 0.05) is 22.8 Å². The number of carbonyl (C=O) groups excluding carboxylic acids is 1. The van der Waals surface area contributed by atoms with Gasteiger partial charge in [0.1, 0.15) is 0 Å². The molecule has 1 aliphatic rings. The average molecular weight is 395 g/mol. The zero-order valence-electron chi connectivity index (χ0n) is 12.5. The van der Waals surface area contributed by atoms with E-state index in [0.717, 1.165) is 18.2 Å². The van der Waals surface area contributed by atoms with E-state index >= 15 is 0 Å². The molecule has 1 heterocycles. The van der Waals surface area contributed by atoms with Crippen molar-refractivity contribution in [1.82, 2.24) is 5.32 Å². The molecule has 0 radical (unpaired) electrons. The van der Waals surface area contributed by atoms with E-state index in [1.165, 1.54) is 11.4 Å². The van der Waals surface area contributed by atoms with E-state index < -0.39 is 29.8 Å². The van der Waals surface area contributed by atoms with E-state index in [-0.39, 0.29) is 22.2 Å². The van der Waals surface area contributed by atoms with Gasteiger partial charge in [-0.3, -0.25) is 5.32 Å². The number of anilines is 1. The molecule has 1 atom stereocenters. The normalized spacial score (nSPS) is 18.5. The van der Waals surface area contributed by atoms with Crippen molar-refractivity contribution < 1.29 is 36.2 Å². The van der Waals surface area contributed by atoms with Crippen LogP contribution >= 0.6 is 11.6 Å². The van der Waals surface area contributed by atoms with E-state index in [1.54, 1.807) is 0 Å². The maximum Gasteiger partial charge on any atom is 0.492 e. The van der Waals surface area contributed by atoms with Gasteiger partial charge in [0.25, 0.3) is 0 Å². The second-order valence-electron chi connectivity index (χ2n) is 5.12. The van der Waals surface area contributed by atoms with Crippen LogP contribution in [0.3, 0.4) is 0 Å². The number of ether oxygens (including phenoxy) is 2. The summed E-state index contributed by atoms with van der Waals surface area (Å²) in [6.07, 6.45) is -5.18. The van der Waals surface area contributed by atoms with Crippen LogP contribution in [0.25, 0.3) is 0 Å². The summed E-state index contributed by atoms with van der Waals surface area (Å²) in [6, 6.07) is 4.33. The number of rotatable bonds is 2. The summed E-state index contributed by atoms with van der Waals surface area (Å²) in [5.74, 6) is -6.60. The third kappa shape index (κ3) is 3.32. The molecule has 0 bridgehead atoms. The fourth-order valence-electron chi connectivity index (χ4n) is 2.10. The van der Waals surface area contributed by atoms with Gasteiger partial charge in [-0.25, -0.2) is 13.6 Å². The predicted octanol–water partition coefficient (Wildman–Crippen LogP) is 4.43. The molecule has 138 valence electrons. The van der Waals surface area contributed by atoms with E-state index in [2.05, 4.69) is 0 Å². The van der Waals surface area contributed by atoms with Gasteiger partial charge in [-0.1, -0.05) is 11.6 Å². The Morgan fingerprint density at radius 3 is 2.35 bits per heavy atom. The van der Waals surface area contributed by atoms with Crippen LogP contribution in [0.5, 0.6) is 11.5 Å². The lowest BCUT2D eigenvalue weighted by molar-refractivity contribution is -0.317. The van der Waals surface area contributed by atoms with Crippen molar-refractivity contribution in [2.45, 2.75) is 12.1 Å². The number of alkyl halides is 3. The van der Waals surface area contributed by atoms with E-state index in [0.29, 0.717) is 12.1 Å². The van der Waals surface area contributed by atoms with E-state index in [4.69, 9.17) is 21.1 Å². The van der Waals surface area contributed by atoms with Gasteiger partial charge < -0.3 is 14.8 Å². The van der Waals surface area contributed by atoms with Crippen LogP contribution in [0, 0.1) is 11.6 Å². The van der Waals surface area contributed by atoms with Crippen molar-refractivity contribution in [3.05, 3.63) is 53.1 Å². The predicted molar refractivity (Wildman–Crippen MR) is 80.0 cm³/mol. The quantitative estimate of drug-likeness (QED) is 0.741. The molecular weight excluding hydrogens is 387 g/mol. The van der Waals surface area contributed by atoms with Crippen LogP contribution in [0.2, 0.25) is 5.02 Å². The molecule has 2 amide bonds. The van der Waals surface area contributed by atoms with Gasteiger partial charge >= 0.3 is 18.1 Å². The highest BCUT2D eigenvalue weighted by Crippen LogP contribution is 2.46. The molecule has 2 aromatic carbocycles. The third-order valence-electron chi connectivity index (χ3n) is 3.24. The Morgan fingerprint density at radius 1 is 1.00 bits per heavy atom. The summed E-state index contributed by atoms with van der Waals surface area (Å²) >= 11 is 5.69. The maximum absolute atomic E-state index is 13.5. The second-order valence-corrected chi connectivity index (χ2v) is 5.55. The monoisotopic (exact) mass is 394 g/mol. The standard InChI is InChI=1S/C15H8ClF5N2O3/c16-7-1-4-11-12(5-7)26-15(25-11,14(19,20)21)23-13(24)22-8-2-3-9(17)10(18)6-8/h1-6H,(H2,22,23,24). The lowest BCUT2D eigenvalue weighted by Gasteiger charge is -2.29. The average Bonchev–Trinajstić information content (AvgIpc) is 2.89. The molecule has 11 heteroatoms. The summed E-state index contributed by atoms with van der Waals surface area (Å²) in [7, 11) is 0. The molecule has 1 unspecified atom stereocenters. The highest BCUT2D eigenvalue weighted by atomic mass is 35.5. The van der Waals surface area contributed by atoms with Crippen LogP contribution in [-0.2, 0) is 0 Å². The molecule has 0 aliphatic carbocycles. The summed E-state index contributed by atoms with van der Waals surface area (Å²) in [4.78, 5) is 11.9. The number of nitrogens with one attached hydrogen (secondary N) is 2. The number of urea groups is 1. The number of hydrogen-bond acceptors (Lipinski definition) is 3. The summed E-state index contributed by atoms with van der Waals surface area (Å²) < 4.78 is 75.9. The Balaban J connectivity index is 1.82. The number of fused-ring (bicyclic) bond motifs is 1. The number of hydrogen-bond donors (Lipinski definition) is 2.